The summed E-state index contributed by atoms with van der Waals surface area (Å²) in [5, 5.41) is 0. The van der Waals surface area contributed by atoms with E-state index in [0.717, 1.165) is 19.3 Å². The number of hydrogen-bond acceptors (Lipinski definition) is 2. The summed E-state index contributed by atoms with van der Waals surface area (Å²) >= 11 is 0. The van der Waals surface area contributed by atoms with Crippen LogP contribution < -0.4 is 0 Å². The Balaban J connectivity index is 1.97. The van der Waals surface area contributed by atoms with Crippen molar-refractivity contribution in [3.05, 3.63) is 0 Å². The van der Waals surface area contributed by atoms with Gasteiger partial charge in [-0.3, -0.25) is 4.79 Å². The quantitative estimate of drug-likeness (QED) is 0.572. The average Bonchev–Trinajstić information content (AvgIpc) is 2.15. The first-order valence-corrected chi connectivity index (χ1v) is 6.26. The lowest BCUT2D eigenvalue weighted by Crippen LogP contribution is -2.44. The number of carbonyl (C=O) groups excluding carboxylic acids is 1. The van der Waals surface area contributed by atoms with Crippen molar-refractivity contribution in [2.24, 2.45) is 23.2 Å². The summed E-state index contributed by atoms with van der Waals surface area (Å²) in [6, 6.07) is 0. The van der Waals surface area contributed by atoms with Crippen LogP contribution in [-0.4, -0.2) is 12.1 Å². The van der Waals surface area contributed by atoms with Crippen LogP contribution in [0.25, 0.3) is 0 Å². The van der Waals surface area contributed by atoms with Crippen LogP contribution in [0.4, 0.5) is 0 Å². The number of rotatable bonds is 0. The monoisotopic (exact) mass is 208 g/mol. The highest BCUT2D eigenvalue weighted by molar-refractivity contribution is 5.74. The molecule has 0 spiro atoms. The molecule has 1 aliphatic heterocycles. The first-order valence-electron chi connectivity index (χ1n) is 6.26. The molecule has 3 rings (SSSR count). The van der Waals surface area contributed by atoms with Crippen LogP contribution in [-0.2, 0) is 9.53 Å². The van der Waals surface area contributed by atoms with Crippen molar-refractivity contribution in [2.75, 3.05) is 0 Å². The molecule has 0 amide bonds. The number of ether oxygens (including phenoxy) is 1. The molecule has 1 heterocycles. The molecular weight excluding hydrogens is 188 g/mol. The minimum atomic E-state index is 0.104. The normalized spacial score (nSPS) is 53.6. The second-order valence-corrected chi connectivity index (χ2v) is 6.43. The van der Waals surface area contributed by atoms with Gasteiger partial charge in [-0.15, -0.1) is 0 Å². The molecular formula is C13H20O2. The molecule has 5 atom stereocenters. The largest absolute Gasteiger partial charge is 0.462 e. The third-order valence-electron chi connectivity index (χ3n) is 4.69. The lowest BCUT2D eigenvalue weighted by Gasteiger charge is -2.45. The first-order chi connectivity index (χ1) is 7.06. The summed E-state index contributed by atoms with van der Waals surface area (Å²) in [4.78, 5) is 11.8. The summed E-state index contributed by atoms with van der Waals surface area (Å²) in [6.45, 7) is 4.69. The number of fused-ring (bicyclic) bond motifs is 2. The Morgan fingerprint density at radius 3 is 2.87 bits per heavy atom. The maximum absolute atomic E-state index is 11.8. The fraction of sp³-hybridized carbons (Fsp3) is 0.923. The van der Waals surface area contributed by atoms with E-state index in [0.29, 0.717) is 17.3 Å². The molecule has 3 aliphatic rings. The summed E-state index contributed by atoms with van der Waals surface area (Å²) in [5.74, 6) is 1.64. The maximum atomic E-state index is 11.8. The molecule has 0 N–H and O–H groups in total. The third kappa shape index (κ3) is 1.49. The van der Waals surface area contributed by atoms with E-state index in [1.807, 2.05) is 0 Å². The second-order valence-electron chi connectivity index (χ2n) is 6.43. The molecule has 3 bridgehead atoms. The van der Waals surface area contributed by atoms with Gasteiger partial charge in [-0.05, 0) is 49.4 Å². The third-order valence-corrected chi connectivity index (χ3v) is 4.69. The first kappa shape index (κ1) is 9.68. The molecule has 0 aromatic carbocycles. The Labute approximate surface area is 91.4 Å². The summed E-state index contributed by atoms with van der Waals surface area (Å²) in [7, 11) is 0. The molecule has 0 aromatic heterocycles. The highest BCUT2D eigenvalue weighted by Crippen LogP contribution is 2.53. The Hall–Kier alpha value is -0.530. The van der Waals surface area contributed by atoms with Gasteiger partial charge in [-0.25, -0.2) is 0 Å². The highest BCUT2D eigenvalue weighted by atomic mass is 16.5. The predicted molar refractivity (Wildman–Crippen MR) is 57.2 cm³/mol. The molecule has 0 aromatic rings. The van der Waals surface area contributed by atoms with Crippen molar-refractivity contribution in [2.45, 2.75) is 52.1 Å². The molecule has 0 radical (unpaired) electrons. The average molecular weight is 208 g/mol. The van der Waals surface area contributed by atoms with Gasteiger partial charge < -0.3 is 4.74 Å². The fourth-order valence-electron chi connectivity index (χ4n) is 4.42. The van der Waals surface area contributed by atoms with Gasteiger partial charge in [0.05, 0.1) is 5.92 Å². The van der Waals surface area contributed by atoms with Crippen molar-refractivity contribution in [1.82, 2.24) is 0 Å². The van der Waals surface area contributed by atoms with Gasteiger partial charge in [0.25, 0.3) is 0 Å². The Kier molecular flexibility index (Phi) is 1.93. The van der Waals surface area contributed by atoms with Gasteiger partial charge >= 0.3 is 5.97 Å². The Bertz CT molecular complexity index is 299. The van der Waals surface area contributed by atoms with E-state index in [1.165, 1.54) is 12.8 Å². The van der Waals surface area contributed by atoms with Crippen molar-refractivity contribution in [3.63, 3.8) is 0 Å². The van der Waals surface area contributed by atoms with Gasteiger partial charge in [0, 0.05) is 0 Å². The molecule has 2 aliphatic carbocycles. The topological polar surface area (TPSA) is 26.3 Å². The zero-order chi connectivity index (χ0) is 10.6. The van der Waals surface area contributed by atoms with E-state index in [-0.39, 0.29) is 18.0 Å². The van der Waals surface area contributed by atoms with Gasteiger partial charge in [-0.2, -0.15) is 0 Å². The summed E-state index contributed by atoms with van der Waals surface area (Å²) in [5.41, 5.74) is 0.447. The van der Waals surface area contributed by atoms with E-state index >= 15 is 0 Å². The van der Waals surface area contributed by atoms with E-state index < -0.39 is 0 Å². The number of hydrogen-bond donors (Lipinski definition) is 0. The highest BCUT2D eigenvalue weighted by Gasteiger charge is 2.50. The maximum Gasteiger partial charge on any atom is 0.309 e. The van der Waals surface area contributed by atoms with E-state index in [1.54, 1.807) is 0 Å². The van der Waals surface area contributed by atoms with Crippen LogP contribution in [0, 0.1) is 23.2 Å². The Morgan fingerprint density at radius 1 is 1.27 bits per heavy atom. The standard InChI is InChI=1S/C13H20O2/c1-8-3-11-9-4-10(15-12(11)14)7-13(2,5-8)6-9/h8-11H,3-7H2,1-2H3/t8?,9?,10-,11?,13?/m0/s1. The molecule has 2 nitrogen and oxygen atoms in total. The minimum absolute atomic E-state index is 0.104. The van der Waals surface area contributed by atoms with Crippen molar-refractivity contribution in [3.8, 4) is 0 Å². The van der Waals surface area contributed by atoms with Crippen molar-refractivity contribution >= 4 is 5.97 Å². The summed E-state index contributed by atoms with van der Waals surface area (Å²) < 4.78 is 5.55. The van der Waals surface area contributed by atoms with Crippen molar-refractivity contribution in [1.29, 1.82) is 0 Å². The van der Waals surface area contributed by atoms with Crippen LogP contribution in [0.1, 0.15) is 46.0 Å². The second kappa shape index (κ2) is 2.99. The fourth-order valence-corrected chi connectivity index (χ4v) is 4.42. The molecule has 1 saturated heterocycles. The number of esters is 1. The molecule has 15 heavy (non-hydrogen) atoms. The lowest BCUT2D eigenvalue weighted by atomic mass is 9.65. The number of carbonyl (C=O) groups is 1. The minimum Gasteiger partial charge on any atom is -0.462 e. The van der Waals surface area contributed by atoms with E-state index in [2.05, 4.69) is 13.8 Å². The van der Waals surface area contributed by atoms with Gasteiger partial charge in [0.2, 0.25) is 0 Å². The lowest BCUT2D eigenvalue weighted by molar-refractivity contribution is -0.173. The van der Waals surface area contributed by atoms with Crippen LogP contribution in [0.2, 0.25) is 0 Å². The SMILES string of the molecule is CC1CC2C(=O)O[C@H]3CC2CC(C)(C1)C3. The van der Waals surface area contributed by atoms with Crippen LogP contribution in [0.15, 0.2) is 0 Å². The molecule has 2 saturated carbocycles. The smallest absolute Gasteiger partial charge is 0.309 e. The van der Waals surface area contributed by atoms with Gasteiger partial charge in [-0.1, -0.05) is 13.8 Å². The zero-order valence-corrected chi connectivity index (χ0v) is 9.66. The van der Waals surface area contributed by atoms with Gasteiger partial charge in [0.1, 0.15) is 6.10 Å². The zero-order valence-electron chi connectivity index (χ0n) is 9.66. The van der Waals surface area contributed by atoms with Crippen LogP contribution >= 0.6 is 0 Å². The molecule has 4 unspecified atom stereocenters. The van der Waals surface area contributed by atoms with Gasteiger partial charge in [0.15, 0.2) is 0 Å². The Morgan fingerprint density at radius 2 is 2.07 bits per heavy atom. The van der Waals surface area contributed by atoms with E-state index in [4.69, 9.17) is 4.74 Å². The molecule has 2 heteroatoms. The van der Waals surface area contributed by atoms with Crippen LogP contribution in [0.3, 0.4) is 0 Å². The van der Waals surface area contributed by atoms with E-state index in [9.17, 15) is 4.79 Å². The van der Waals surface area contributed by atoms with Crippen LogP contribution in [0.5, 0.6) is 0 Å². The molecule has 3 fully saturated rings. The van der Waals surface area contributed by atoms with Crippen molar-refractivity contribution < 1.29 is 9.53 Å². The molecule has 84 valence electrons. The summed E-state index contributed by atoms with van der Waals surface area (Å²) in [6.07, 6.45) is 6.08. The predicted octanol–water partition coefficient (Wildman–Crippen LogP) is 2.76.